The minimum absolute atomic E-state index is 0.175. The molecular formula is C26H40NO+. The molecule has 0 spiro atoms. The van der Waals surface area contributed by atoms with Crippen LogP contribution in [0.3, 0.4) is 0 Å². The van der Waals surface area contributed by atoms with Crippen LogP contribution in [-0.4, -0.2) is 37.3 Å². The van der Waals surface area contributed by atoms with E-state index in [2.05, 4.69) is 70.4 Å². The van der Waals surface area contributed by atoms with Gasteiger partial charge in [-0.05, 0) is 43.4 Å². The van der Waals surface area contributed by atoms with E-state index in [9.17, 15) is 0 Å². The van der Waals surface area contributed by atoms with Crippen LogP contribution in [0.4, 0.5) is 0 Å². The Hall–Kier alpha value is -1.12. The summed E-state index contributed by atoms with van der Waals surface area (Å²) in [6.07, 6.45) is 13.9. The van der Waals surface area contributed by atoms with Crippen LogP contribution < -0.4 is 0 Å². The highest BCUT2D eigenvalue weighted by molar-refractivity contribution is 5.13. The van der Waals surface area contributed by atoms with Crippen molar-refractivity contribution >= 4 is 0 Å². The Bertz CT molecular complexity index is 677. The van der Waals surface area contributed by atoms with Crippen LogP contribution in [0.2, 0.25) is 0 Å². The Balaban J connectivity index is 1.53. The second kappa shape index (κ2) is 7.95. The maximum absolute atomic E-state index is 6.98. The largest absolute Gasteiger partial charge is 0.374 e. The second-order valence-corrected chi connectivity index (χ2v) is 11.0. The number of ether oxygens (including phenoxy) is 1. The number of nitrogens with zero attached hydrogens (tertiary/aromatic N) is 1. The molecule has 0 N–H and O–H groups in total. The molecule has 2 fully saturated rings. The minimum Gasteiger partial charge on any atom is -0.374 e. The number of rotatable bonds is 5. The Morgan fingerprint density at radius 3 is 2.54 bits per heavy atom. The summed E-state index contributed by atoms with van der Waals surface area (Å²) in [7, 11) is 4.78. The molecule has 2 aliphatic carbocycles. The summed E-state index contributed by atoms with van der Waals surface area (Å²) in [5, 5.41) is 0. The van der Waals surface area contributed by atoms with E-state index in [1.165, 1.54) is 44.1 Å². The highest BCUT2D eigenvalue weighted by Gasteiger charge is 2.51. The van der Waals surface area contributed by atoms with Gasteiger partial charge in [-0.3, -0.25) is 0 Å². The lowest BCUT2D eigenvalue weighted by Gasteiger charge is -2.54. The Labute approximate surface area is 172 Å². The first-order chi connectivity index (χ1) is 13.4. The maximum atomic E-state index is 6.98. The minimum atomic E-state index is 0.175. The highest BCUT2D eigenvalue weighted by atomic mass is 16.5. The molecule has 5 atom stereocenters. The van der Waals surface area contributed by atoms with Gasteiger partial charge in [0.1, 0.15) is 6.54 Å². The predicted octanol–water partition coefficient (Wildman–Crippen LogP) is 5.83. The van der Waals surface area contributed by atoms with Gasteiger partial charge in [-0.25, -0.2) is 0 Å². The van der Waals surface area contributed by atoms with Gasteiger partial charge in [0.05, 0.1) is 32.8 Å². The van der Waals surface area contributed by atoms with Crippen LogP contribution >= 0.6 is 0 Å². The Kier molecular flexibility index (Phi) is 5.73. The van der Waals surface area contributed by atoms with Crippen molar-refractivity contribution in [1.29, 1.82) is 0 Å². The molecular weight excluding hydrogens is 342 g/mol. The van der Waals surface area contributed by atoms with Gasteiger partial charge in [-0.15, -0.1) is 0 Å². The van der Waals surface area contributed by atoms with Crippen molar-refractivity contribution in [3.63, 3.8) is 0 Å². The van der Waals surface area contributed by atoms with E-state index in [1.54, 1.807) is 0 Å². The zero-order valence-corrected chi connectivity index (χ0v) is 18.4. The van der Waals surface area contributed by atoms with Crippen LogP contribution in [0.25, 0.3) is 0 Å². The van der Waals surface area contributed by atoms with Crippen molar-refractivity contribution in [1.82, 2.24) is 0 Å². The van der Waals surface area contributed by atoms with Crippen LogP contribution in [0, 0.1) is 23.2 Å². The van der Waals surface area contributed by atoms with E-state index in [0.717, 1.165) is 29.4 Å². The van der Waals surface area contributed by atoms with Crippen molar-refractivity contribution in [2.24, 2.45) is 23.2 Å². The van der Waals surface area contributed by atoms with Gasteiger partial charge in [0.25, 0.3) is 0 Å². The van der Waals surface area contributed by atoms with E-state index in [1.807, 2.05) is 0 Å². The average Bonchev–Trinajstić information content (AvgIpc) is 2.67. The number of hydrogen-bond acceptors (Lipinski definition) is 1. The molecule has 0 radical (unpaired) electrons. The van der Waals surface area contributed by atoms with Gasteiger partial charge in [0, 0.05) is 11.0 Å². The topological polar surface area (TPSA) is 9.23 Å². The van der Waals surface area contributed by atoms with Crippen molar-refractivity contribution in [3.8, 4) is 0 Å². The summed E-state index contributed by atoms with van der Waals surface area (Å²) < 4.78 is 7.99. The molecule has 0 aromatic heterocycles. The number of hydrogen-bond donors (Lipinski definition) is 0. The fourth-order valence-electron chi connectivity index (χ4n) is 6.81. The molecule has 0 amide bonds. The van der Waals surface area contributed by atoms with Gasteiger partial charge in [0.15, 0.2) is 0 Å². The van der Waals surface area contributed by atoms with Crippen molar-refractivity contribution in [2.75, 3.05) is 20.6 Å². The smallest absolute Gasteiger partial charge is 0.104 e. The third-order valence-electron chi connectivity index (χ3n) is 7.54. The molecule has 0 bridgehead atoms. The molecule has 3 aliphatic rings. The average molecular weight is 383 g/mol. The van der Waals surface area contributed by atoms with Gasteiger partial charge in [0.2, 0.25) is 0 Å². The van der Waals surface area contributed by atoms with E-state index in [-0.39, 0.29) is 5.41 Å². The molecule has 154 valence electrons. The second-order valence-electron chi connectivity index (χ2n) is 11.0. The lowest BCUT2D eigenvalue weighted by Crippen LogP contribution is -2.58. The lowest BCUT2D eigenvalue weighted by molar-refractivity contribution is -0.910. The van der Waals surface area contributed by atoms with Gasteiger partial charge in [-0.1, -0.05) is 69.2 Å². The summed E-state index contributed by atoms with van der Waals surface area (Å²) in [5.41, 5.74) is 1.60. The van der Waals surface area contributed by atoms with Crippen LogP contribution in [-0.2, 0) is 11.3 Å². The molecule has 2 nitrogen and oxygen atoms in total. The van der Waals surface area contributed by atoms with Crippen molar-refractivity contribution in [2.45, 2.75) is 71.1 Å². The summed E-state index contributed by atoms with van der Waals surface area (Å²) in [6, 6.07) is 11.0. The summed E-state index contributed by atoms with van der Waals surface area (Å²) >= 11 is 0. The van der Waals surface area contributed by atoms with Crippen LogP contribution in [0.5, 0.6) is 0 Å². The summed E-state index contributed by atoms with van der Waals surface area (Å²) in [6.45, 7) is 7.18. The quantitative estimate of drug-likeness (QED) is 0.460. The maximum Gasteiger partial charge on any atom is 0.104 e. The fourth-order valence-corrected chi connectivity index (χ4v) is 6.81. The highest BCUT2D eigenvalue weighted by Crippen LogP contribution is 2.50. The Morgan fingerprint density at radius 1 is 1.00 bits per heavy atom. The zero-order chi connectivity index (χ0) is 19.8. The summed E-state index contributed by atoms with van der Waals surface area (Å²) in [5.74, 6) is 2.23. The number of allylic oxidation sites excluding steroid dienone is 2. The SMILES string of the molecule is CC(C)(C[N+](C)(C)Cc1ccccc1)[C@H]1O[C@H]2CCCC[C@@H]2[C@H]2C=CCC[C@@H]21. The molecule has 1 aliphatic heterocycles. The standard InChI is InChI=1S/C26H40NO/c1-26(2,19-27(3,4)18-20-12-6-5-7-13-20)25-23-16-9-8-14-21(23)22-15-10-11-17-24(22)28-25/h5-8,12-14,21-25H,9-11,15-19H2,1-4H3/q+1/t21-,22-,23+,24+,25+/m1/s1. The third-order valence-corrected chi connectivity index (χ3v) is 7.54. The molecule has 0 unspecified atom stereocenters. The number of fused-ring (bicyclic) bond motifs is 3. The van der Waals surface area contributed by atoms with Crippen LogP contribution in [0.15, 0.2) is 42.5 Å². The van der Waals surface area contributed by atoms with E-state index in [4.69, 9.17) is 4.74 Å². The summed E-state index contributed by atoms with van der Waals surface area (Å²) in [4.78, 5) is 0. The normalized spacial score (nSPS) is 33.2. The molecule has 1 saturated heterocycles. The van der Waals surface area contributed by atoms with Crippen LogP contribution in [0.1, 0.15) is 57.9 Å². The molecule has 28 heavy (non-hydrogen) atoms. The number of benzene rings is 1. The first-order valence-corrected chi connectivity index (χ1v) is 11.5. The molecule has 1 aromatic carbocycles. The molecule has 1 heterocycles. The number of quaternary nitrogens is 1. The van der Waals surface area contributed by atoms with Gasteiger partial charge < -0.3 is 9.22 Å². The van der Waals surface area contributed by atoms with E-state index in [0.29, 0.717) is 18.1 Å². The lowest BCUT2D eigenvalue weighted by atomic mass is 9.61. The van der Waals surface area contributed by atoms with Crippen molar-refractivity contribution < 1.29 is 9.22 Å². The van der Waals surface area contributed by atoms with E-state index >= 15 is 0 Å². The zero-order valence-electron chi connectivity index (χ0n) is 18.4. The van der Waals surface area contributed by atoms with Gasteiger partial charge in [-0.2, -0.15) is 0 Å². The first-order valence-electron chi connectivity index (χ1n) is 11.5. The van der Waals surface area contributed by atoms with Gasteiger partial charge >= 0.3 is 0 Å². The predicted molar refractivity (Wildman–Crippen MR) is 117 cm³/mol. The fraction of sp³-hybridized carbons (Fsp3) is 0.692. The van der Waals surface area contributed by atoms with E-state index < -0.39 is 0 Å². The Morgan fingerprint density at radius 2 is 1.75 bits per heavy atom. The molecule has 1 saturated carbocycles. The third kappa shape index (κ3) is 4.24. The van der Waals surface area contributed by atoms with Crippen molar-refractivity contribution in [3.05, 3.63) is 48.0 Å². The first kappa shape index (κ1) is 20.2. The molecule has 4 rings (SSSR count). The molecule has 2 heteroatoms. The monoisotopic (exact) mass is 382 g/mol. The molecule has 1 aromatic rings.